The highest BCUT2D eigenvalue weighted by Gasteiger charge is 2.20. The number of anilines is 3. The molecular weight excluding hydrogens is 570 g/mol. The number of urea groups is 1. The first-order chi connectivity index (χ1) is 21.6. The summed E-state index contributed by atoms with van der Waals surface area (Å²) in [5.41, 5.74) is 13.2. The summed E-state index contributed by atoms with van der Waals surface area (Å²) in [6, 6.07) is 15.6. The maximum Gasteiger partial charge on any atom is 0.323 e. The predicted octanol–water partition coefficient (Wildman–Crippen LogP) is 4.65. The topological polar surface area (TPSA) is 151 Å². The molecule has 2 aromatic carbocycles. The minimum absolute atomic E-state index is 0.108. The highest BCUT2D eigenvalue weighted by Crippen LogP contribution is 2.30. The molecule has 0 radical (unpaired) electrons. The Balaban J connectivity index is 1.41. The summed E-state index contributed by atoms with van der Waals surface area (Å²) in [4.78, 5) is 47.4. The van der Waals surface area contributed by atoms with Crippen molar-refractivity contribution >= 4 is 51.4 Å². The first-order valence-corrected chi connectivity index (χ1v) is 14.6. The quantitative estimate of drug-likeness (QED) is 0.257. The number of carbonyl (C=O) groups is 2. The van der Waals surface area contributed by atoms with Crippen LogP contribution < -0.4 is 21.3 Å². The molecule has 0 bridgehead atoms. The van der Waals surface area contributed by atoms with Crippen molar-refractivity contribution in [2.24, 2.45) is 10.7 Å². The van der Waals surface area contributed by atoms with Crippen molar-refractivity contribution in [3.63, 3.8) is 0 Å². The summed E-state index contributed by atoms with van der Waals surface area (Å²) in [6.45, 7) is 6.35. The molecule has 12 nitrogen and oxygen atoms in total. The van der Waals surface area contributed by atoms with E-state index < -0.39 is 6.03 Å². The van der Waals surface area contributed by atoms with E-state index >= 15 is 0 Å². The SMILES string of the molecule is CN=C(C)C(=C(C)N)c1cnc2c(N3CCOCC3)nc(-c3ccc(NC(=O)Nc4ccc(C(=O)N(C)C)cc4)cc3)nc2c1. The summed E-state index contributed by atoms with van der Waals surface area (Å²) in [5, 5.41) is 5.62. The molecule has 3 heterocycles. The Morgan fingerprint density at radius 1 is 0.933 bits per heavy atom. The lowest BCUT2D eigenvalue weighted by Gasteiger charge is -2.28. The second-order valence-corrected chi connectivity index (χ2v) is 10.9. The van der Waals surface area contributed by atoms with Gasteiger partial charge >= 0.3 is 6.03 Å². The normalized spacial score (nSPS) is 14.2. The average Bonchev–Trinajstić information content (AvgIpc) is 3.04. The van der Waals surface area contributed by atoms with E-state index in [2.05, 4.69) is 20.5 Å². The molecule has 1 aliphatic rings. The molecule has 1 saturated heterocycles. The lowest BCUT2D eigenvalue weighted by atomic mass is 10.0. The number of ether oxygens (including phenoxy) is 1. The lowest BCUT2D eigenvalue weighted by Crippen LogP contribution is -2.37. The van der Waals surface area contributed by atoms with Gasteiger partial charge in [-0.1, -0.05) is 0 Å². The van der Waals surface area contributed by atoms with E-state index in [1.165, 1.54) is 4.90 Å². The van der Waals surface area contributed by atoms with Crippen molar-refractivity contribution in [3.8, 4) is 11.4 Å². The van der Waals surface area contributed by atoms with Crippen LogP contribution in [0.25, 0.3) is 28.0 Å². The van der Waals surface area contributed by atoms with Crippen LogP contribution in [0.5, 0.6) is 0 Å². The lowest BCUT2D eigenvalue weighted by molar-refractivity contribution is 0.0827. The van der Waals surface area contributed by atoms with Crippen molar-refractivity contribution in [3.05, 3.63) is 77.6 Å². The Morgan fingerprint density at radius 2 is 1.56 bits per heavy atom. The Morgan fingerprint density at radius 3 is 2.13 bits per heavy atom. The number of rotatable bonds is 7. The number of aliphatic imine (C=N–C) groups is 1. The van der Waals surface area contributed by atoms with Gasteiger partial charge in [0.05, 0.1) is 18.7 Å². The number of nitrogens with two attached hydrogens (primary N) is 1. The van der Waals surface area contributed by atoms with Crippen molar-refractivity contribution in [1.82, 2.24) is 19.9 Å². The van der Waals surface area contributed by atoms with Crippen LogP contribution >= 0.6 is 0 Å². The molecule has 4 aromatic rings. The maximum absolute atomic E-state index is 12.7. The molecule has 45 heavy (non-hydrogen) atoms. The number of allylic oxidation sites excluding steroid dienone is 2. The molecule has 2 aromatic heterocycles. The molecule has 1 aliphatic heterocycles. The van der Waals surface area contributed by atoms with Crippen LogP contribution in [0.15, 0.2) is 71.5 Å². The monoisotopic (exact) mass is 607 g/mol. The van der Waals surface area contributed by atoms with E-state index in [0.29, 0.717) is 65.8 Å². The zero-order valence-corrected chi connectivity index (χ0v) is 26.1. The van der Waals surface area contributed by atoms with Gasteiger partial charge in [0, 0.05) is 85.5 Å². The summed E-state index contributed by atoms with van der Waals surface area (Å²) in [7, 11) is 5.12. The largest absolute Gasteiger partial charge is 0.402 e. The predicted molar refractivity (Wildman–Crippen MR) is 179 cm³/mol. The maximum atomic E-state index is 12.7. The van der Waals surface area contributed by atoms with E-state index in [1.807, 2.05) is 32.0 Å². The van der Waals surface area contributed by atoms with E-state index in [1.54, 1.807) is 63.7 Å². The standard InChI is InChI=1S/C33H37N9O3/c1-20(34)28(21(2)35-3)24-18-27-29(36-19-24)31(42-14-16-45-17-15-42)40-30(39-27)22-6-10-25(11-7-22)37-33(44)38-26-12-8-23(9-13-26)32(43)41(4)5/h6-13,18-19H,14-17,34H2,1-5H3,(H2,37,38,44). The van der Waals surface area contributed by atoms with Gasteiger partial charge in [0.15, 0.2) is 11.6 Å². The van der Waals surface area contributed by atoms with Gasteiger partial charge in [0.25, 0.3) is 5.91 Å². The van der Waals surface area contributed by atoms with Gasteiger partial charge in [-0.2, -0.15) is 0 Å². The van der Waals surface area contributed by atoms with Crippen LogP contribution in [0.2, 0.25) is 0 Å². The molecule has 0 aliphatic carbocycles. The second kappa shape index (κ2) is 13.5. The fourth-order valence-corrected chi connectivity index (χ4v) is 5.05. The summed E-state index contributed by atoms with van der Waals surface area (Å²) in [6.07, 6.45) is 1.79. The van der Waals surface area contributed by atoms with Gasteiger partial charge in [0.2, 0.25) is 0 Å². The minimum Gasteiger partial charge on any atom is -0.402 e. The molecule has 3 amide bonds. The van der Waals surface area contributed by atoms with E-state index in [-0.39, 0.29) is 5.91 Å². The zero-order chi connectivity index (χ0) is 32.1. The van der Waals surface area contributed by atoms with Gasteiger partial charge in [-0.15, -0.1) is 0 Å². The number of aromatic nitrogens is 3. The number of amides is 3. The van der Waals surface area contributed by atoms with Crippen molar-refractivity contribution in [2.45, 2.75) is 13.8 Å². The van der Waals surface area contributed by atoms with Crippen molar-refractivity contribution < 1.29 is 14.3 Å². The molecule has 1 fully saturated rings. The third kappa shape index (κ3) is 7.07. The minimum atomic E-state index is -0.408. The second-order valence-electron chi connectivity index (χ2n) is 10.9. The van der Waals surface area contributed by atoms with Crippen molar-refractivity contribution in [2.75, 3.05) is 63.0 Å². The molecule has 232 valence electrons. The van der Waals surface area contributed by atoms with E-state index in [9.17, 15) is 9.59 Å². The highest BCUT2D eigenvalue weighted by atomic mass is 16.5. The van der Waals surface area contributed by atoms with Crippen LogP contribution in [0.3, 0.4) is 0 Å². The molecule has 0 unspecified atom stereocenters. The fourth-order valence-electron chi connectivity index (χ4n) is 5.05. The fraction of sp³-hybridized carbons (Fsp3) is 0.273. The number of morpholine rings is 1. The molecule has 0 saturated carbocycles. The van der Waals surface area contributed by atoms with Gasteiger partial charge in [-0.25, -0.2) is 14.8 Å². The van der Waals surface area contributed by atoms with Crippen LogP contribution in [-0.4, -0.2) is 84.9 Å². The number of carbonyl (C=O) groups excluding carboxylic acids is 2. The molecule has 0 spiro atoms. The number of hydrogen-bond acceptors (Lipinski definition) is 9. The Bertz CT molecular complexity index is 1770. The van der Waals surface area contributed by atoms with Crippen LogP contribution in [0.4, 0.5) is 22.0 Å². The smallest absolute Gasteiger partial charge is 0.323 e. The first kappa shape index (κ1) is 31.1. The van der Waals surface area contributed by atoms with Crippen LogP contribution in [0.1, 0.15) is 29.8 Å². The summed E-state index contributed by atoms with van der Waals surface area (Å²) in [5.74, 6) is 1.16. The Hall–Kier alpha value is -5.36. The van der Waals surface area contributed by atoms with Gasteiger partial charge in [0.1, 0.15) is 5.52 Å². The van der Waals surface area contributed by atoms with Crippen molar-refractivity contribution in [1.29, 1.82) is 0 Å². The highest BCUT2D eigenvalue weighted by molar-refractivity contribution is 6.23. The zero-order valence-electron chi connectivity index (χ0n) is 26.1. The number of nitrogens with zero attached hydrogens (tertiary/aromatic N) is 6. The molecule has 0 atom stereocenters. The molecule has 5 rings (SSSR count). The molecule has 4 N–H and O–H groups in total. The Labute approximate surface area is 262 Å². The first-order valence-electron chi connectivity index (χ1n) is 14.6. The number of benzene rings is 2. The molecule has 12 heteroatoms. The van der Waals surface area contributed by atoms with Gasteiger partial charge in [-0.05, 0) is 68.4 Å². The number of nitrogens with one attached hydrogen (secondary N) is 2. The van der Waals surface area contributed by atoms with Crippen LogP contribution in [-0.2, 0) is 4.74 Å². The number of pyridine rings is 1. The molecular formula is C33H37N9O3. The third-order valence-electron chi connectivity index (χ3n) is 7.41. The van der Waals surface area contributed by atoms with E-state index in [4.69, 9.17) is 25.4 Å². The van der Waals surface area contributed by atoms with E-state index in [0.717, 1.165) is 28.2 Å². The summed E-state index contributed by atoms with van der Waals surface area (Å²) >= 11 is 0. The van der Waals surface area contributed by atoms with Gasteiger partial charge in [-0.3, -0.25) is 14.8 Å². The van der Waals surface area contributed by atoms with Gasteiger partial charge < -0.3 is 30.9 Å². The number of hydrogen-bond donors (Lipinski definition) is 3. The summed E-state index contributed by atoms with van der Waals surface area (Å²) < 4.78 is 5.58. The number of fused-ring (bicyclic) bond motifs is 1. The van der Waals surface area contributed by atoms with Crippen LogP contribution in [0, 0.1) is 0 Å². The third-order valence-corrected chi connectivity index (χ3v) is 7.41. The Kier molecular flexibility index (Phi) is 9.33. The average molecular weight is 608 g/mol.